The Morgan fingerprint density at radius 1 is 1.21 bits per heavy atom. The van der Waals surface area contributed by atoms with E-state index in [-0.39, 0.29) is 15.7 Å². The Kier molecular flexibility index (Phi) is 5.95. The average molecular weight is 405 g/mol. The molecule has 1 aromatic carbocycles. The largest absolute Gasteiger partial charge is 0.368 e. The van der Waals surface area contributed by atoms with Crippen molar-refractivity contribution >= 4 is 21.6 Å². The maximum Gasteiger partial charge on any atom is 0.254 e. The molecule has 1 unspecified atom stereocenters. The molecule has 0 spiro atoms. The number of carbonyl (C=O) groups is 1. The van der Waals surface area contributed by atoms with Crippen LogP contribution in [0.5, 0.6) is 0 Å². The molecular formula is C21H28N2O4S. The standard InChI is InChI=1S/C21H28N2O4S/c1-5-12-23-16(4)15(3)19(20(23)22-21(24)18-7-6-13-27-18)28(25,26)17-10-8-14(2)9-11-17/h8-11,18H,5-7,12-13H2,1-4H3,(H,22,24). The van der Waals surface area contributed by atoms with Crippen molar-refractivity contribution in [3.63, 3.8) is 0 Å². The van der Waals surface area contributed by atoms with Crippen LogP contribution in [0, 0.1) is 20.8 Å². The highest BCUT2D eigenvalue weighted by atomic mass is 32.2. The van der Waals surface area contributed by atoms with Crippen molar-refractivity contribution in [2.24, 2.45) is 0 Å². The number of amides is 1. The van der Waals surface area contributed by atoms with Gasteiger partial charge in [0.1, 0.15) is 16.8 Å². The summed E-state index contributed by atoms with van der Waals surface area (Å²) in [6.07, 6.45) is 1.78. The van der Waals surface area contributed by atoms with Crippen LogP contribution >= 0.6 is 0 Å². The van der Waals surface area contributed by atoms with E-state index >= 15 is 0 Å². The number of ether oxygens (including phenoxy) is 1. The van der Waals surface area contributed by atoms with Crippen LogP contribution in [0.15, 0.2) is 34.1 Å². The van der Waals surface area contributed by atoms with Crippen LogP contribution in [0.3, 0.4) is 0 Å². The predicted octanol–water partition coefficient (Wildman–Crippen LogP) is 3.77. The minimum Gasteiger partial charge on any atom is -0.368 e. The van der Waals surface area contributed by atoms with Crippen molar-refractivity contribution in [3.05, 3.63) is 41.1 Å². The molecule has 2 heterocycles. The number of nitrogens with zero attached hydrogens (tertiary/aromatic N) is 1. The average Bonchev–Trinajstić information content (AvgIpc) is 3.26. The van der Waals surface area contributed by atoms with Crippen LogP contribution in [0.25, 0.3) is 0 Å². The van der Waals surface area contributed by atoms with E-state index in [1.807, 2.05) is 25.3 Å². The summed E-state index contributed by atoms with van der Waals surface area (Å²) >= 11 is 0. The Morgan fingerprint density at radius 3 is 2.46 bits per heavy atom. The summed E-state index contributed by atoms with van der Waals surface area (Å²) in [6, 6.07) is 6.79. The van der Waals surface area contributed by atoms with Crippen molar-refractivity contribution in [3.8, 4) is 0 Å². The van der Waals surface area contributed by atoms with Gasteiger partial charge in [0.15, 0.2) is 0 Å². The lowest BCUT2D eigenvalue weighted by Gasteiger charge is -2.16. The second kappa shape index (κ2) is 8.09. The molecule has 6 nitrogen and oxygen atoms in total. The first-order chi connectivity index (χ1) is 13.3. The molecule has 0 aliphatic carbocycles. The molecular weight excluding hydrogens is 376 g/mol. The highest BCUT2D eigenvalue weighted by Gasteiger charge is 2.32. The van der Waals surface area contributed by atoms with Gasteiger partial charge in [-0.15, -0.1) is 0 Å². The summed E-state index contributed by atoms with van der Waals surface area (Å²) in [4.78, 5) is 13.1. The van der Waals surface area contributed by atoms with Crippen LogP contribution in [-0.2, 0) is 25.9 Å². The Bertz CT molecular complexity index is 969. The predicted molar refractivity (Wildman–Crippen MR) is 108 cm³/mol. The van der Waals surface area contributed by atoms with Crippen molar-refractivity contribution in [1.82, 2.24) is 4.57 Å². The summed E-state index contributed by atoms with van der Waals surface area (Å²) in [5, 5.41) is 2.87. The molecule has 1 fully saturated rings. The third kappa shape index (κ3) is 3.73. The van der Waals surface area contributed by atoms with E-state index in [0.29, 0.717) is 31.0 Å². The number of nitrogens with one attached hydrogen (secondary N) is 1. The maximum atomic E-state index is 13.5. The summed E-state index contributed by atoms with van der Waals surface area (Å²) in [7, 11) is -3.78. The highest BCUT2D eigenvalue weighted by Crippen LogP contribution is 2.36. The number of carbonyl (C=O) groups excluding carboxylic acids is 1. The van der Waals surface area contributed by atoms with Gasteiger partial charge >= 0.3 is 0 Å². The molecule has 1 aromatic heterocycles. The first-order valence-corrected chi connectivity index (χ1v) is 11.2. The number of rotatable bonds is 6. The Hall–Kier alpha value is -2.12. The second-order valence-corrected chi connectivity index (χ2v) is 9.23. The van der Waals surface area contributed by atoms with Gasteiger partial charge in [-0.25, -0.2) is 8.42 Å². The summed E-state index contributed by atoms with van der Waals surface area (Å²) < 4.78 is 34.3. The Labute approximate surface area is 166 Å². The van der Waals surface area contributed by atoms with E-state index in [4.69, 9.17) is 4.74 Å². The van der Waals surface area contributed by atoms with Crippen LogP contribution in [0.1, 0.15) is 43.0 Å². The van der Waals surface area contributed by atoms with E-state index in [2.05, 4.69) is 5.32 Å². The zero-order valence-corrected chi connectivity index (χ0v) is 17.7. The molecule has 0 radical (unpaired) electrons. The van der Waals surface area contributed by atoms with Gasteiger partial charge in [0, 0.05) is 18.8 Å². The van der Waals surface area contributed by atoms with Gasteiger partial charge in [-0.3, -0.25) is 4.79 Å². The lowest BCUT2D eigenvalue weighted by Crippen LogP contribution is -2.29. The summed E-state index contributed by atoms with van der Waals surface area (Å²) in [5.74, 6) is 0.0608. The second-order valence-electron chi connectivity index (χ2n) is 7.35. The lowest BCUT2D eigenvalue weighted by atomic mass is 10.2. The van der Waals surface area contributed by atoms with E-state index in [1.165, 1.54) is 0 Å². The van der Waals surface area contributed by atoms with Crippen molar-refractivity contribution in [2.45, 2.75) is 69.4 Å². The number of aromatic nitrogens is 1. The molecule has 7 heteroatoms. The molecule has 152 valence electrons. The molecule has 1 amide bonds. The maximum absolute atomic E-state index is 13.5. The molecule has 1 aliphatic rings. The number of aryl methyl sites for hydroxylation is 1. The van der Waals surface area contributed by atoms with Crippen molar-refractivity contribution in [1.29, 1.82) is 0 Å². The van der Waals surface area contributed by atoms with Gasteiger partial charge in [0.05, 0.1) is 4.90 Å². The molecule has 1 atom stereocenters. The Balaban J connectivity index is 2.12. The molecule has 3 rings (SSSR count). The van der Waals surface area contributed by atoms with Crippen LogP contribution in [0.4, 0.5) is 5.82 Å². The third-order valence-corrected chi connectivity index (χ3v) is 7.21. The zero-order chi connectivity index (χ0) is 20.5. The summed E-state index contributed by atoms with van der Waals surface area (Å²) in [6.45, 7) is 8.80. The van der Waals surface area contributed by atoms with Gasteiger partial charge in [0.25, 0.3) is 5.91 Å². The van der Waals surface area contributed by atoms with E-state index in [1.54, 1.807) is 31.2 Å². The van der Waals surface area contributed by atoms with E-state index in [9.17, 15) is 13.2 Å². The number of hydrogen-bond donors (Lipinski definition) is 1. The molecule has 1 saturated heterocycles. The zero-order valence-electron chi connectivity index (χ0n) is 16.9. The highest BCUT2D eigenvalue weighted by molar-refractivity contribution is 7.91. The topological polar surface area (TPSA) is 77.4 Å². The number of sulfone groups is 1. The van der Waals surface area contributed by atoms with Gasteiger partial charge in [0.2, 0.25) is 9.84 Å². The minimum atomic E-state index is -3.78. The minimum absolute atomic E-state index is 0.175. The molecule has 1 N–H and O–H groups in total. The van der Waals surface area contributed by atoms with Crippen LogP contribution in [-0.4, -0.2) is 31.6 Å². The van der Waals surface area contributed by atoms with Crippen LogP contribution in [0.2, 0.25) is 0 Å². The van der Waals surface area contributed by atoms with Crippen molar-refractivity contribution < 1.29 is 17.9 Å². The number of hydrogen-bond acceptors (Lipinski definition) is 4. The molecule has 0 bridgehead atoms. The summed E-state index contributed by atoms with van der Waals surface area (Å²) in [5.41, 5.74) is 2.49. The van der Waals surface area contributed by atoms with E-state index in [0.717, 1.165) is 24.1 Å². The third-order valence-electron chi connectivity index (χ3n) is 5.28. The quantitative estimate of drug-likeness (QED) is 0.795. The monoisotopic (exact) mass is 404 g/mol. The SMILES string of the molecule is CCCn1c(C)c(C)c(S(=O)(=O)c2ccc(C)cc2)c1NC(=O)C1CCCO1. The fraction of sp³-hybridized carbons (Fsp3) is 0.476. The fourth-order valence-electron chi connectivity index (χ4n) is 3.61. The lowest BCUT2D eigenvalue weighted by molar-refractivity contribution is -0.124. The normalized spacial score (nSPS) is 17.1. The fourth-order valence-corrected chi connectivity index (χ4v) is 5.30. The smallest absolute Gasteiger partial charge is 0.254 e. The molecule has 28 heavy (non-hydrogen) atoms. The van der Waals surface area contributed by atoms with Gasteiger partial charge in [-0.2, -0.15) is 0 Å². The molecule has 2 aromatic rings. The first kappa shape index (κ1) is 20.6. The van der Waals surface area contributed by atoms with Gasteiger partial charge < -0.3 is 14.6 Å². The van der Waals surface area contributed by atoms with Gasteiger partial charge in [-0.1, -0.05) is 24.6 Å². The van der Waals surface area contributed by atoms with Gasteiger partial charge in [-0.05, 0) is 57.7 Å². The number of anilines is 1. The van der Waals surface area contributed by atoms with Crippen molar-refractivity contribution in [2.75, 3.05) is 11.9 Å². The Morgan fingerprint density at radius 2 is 1.89 bits per heavy atom. The van der Waals surface area contributed by atoms with Crippen LogP contribution < -0.4 is 5.32 Å². The van der Waals surface area contributed by atoms with E-state index < -0.39 is 15.9 Å². The number of benzene rings is 1. The molecule has 0 saturated carbocycles. The molecule has 1 aliphatic heterocycles. The first-order valence-electron chi connectivity index (χ1n) is 9.71.